The SMILES string of the molecule is NC(CCSCCOc1c(Cl)cccc1Cl)C(=O)O. The Kier molecular flexibility index (Phi) is 7.38. The summed E-state index contributed by atoms with van der Waals surface area (Å²) >= 11 is 13.5. The Bertz CT molecular complexity index is 411. The van der Waals surface area contributed by atoms with E-state index in [1.165, 1.54) is 0 Å². The quantitative estimate of drug-likeness (QED) is 0.719. The highest BCUT2D eigenvalue weighted by molar-refractivity contribution is 7.99. The van der Waals surface area contributed by atoms with Gasteiger partial charge >= 0.3 is 5.97 Å². The van der Waals surface area contributed by atoms with Crippen molar-refractivity contribution in [3.05, 3.63) is 28.2 Å². The van der Waals surface area contributed by atoms with E-state index in [-0.39, 0.29) is 0 Å². The van der Waals surface area contributed by atoms with Crippen LogP contribution in [0.3, 0.4) is 0 Å². The molecule has 0 spiro atoms. The number of nitrogens with two attached hydrogens (primary N) is 1. The molecule has 0 aliphatic rings. The molecule has 0 bridgehead atoms. The van der Waals surface area contributed by atoms with Gasteiger partial charge in [0.05, 0.1) is 16.7 Å². The molecule has 0 aliphatic heterocycles. The number of carbonyl (C=O) groups is 1. The van der Waals surface area contributed by atoms with Gasteiger partial charge in [0, 0.05) is 5.75 Å². The number of aliphatic carboxylic acids is 1. The fourth-order valence-corrected chi connectivity index (χ4v) is 2.59. The molecule has 19 heavy (non-hydrogen) atoms. The van der Waals surface area contributed by atoms with Gasteiger partial charge in [-0.05, 0) is 24.3 Å². The molecule has 0 amide bonds. The van der Waals surface area contributed by atoms with Crippen molar-refractivity contribution in [2.75, 3.05) is 18.1 Å². The van der Waals surface area contributed by atoms with Gasteiger partial charge < -0.3 is 15.6 Å². The van der Waals surface area contributed by atoms with E-state index in [2.05, 4.69) is 0 Å². The molecule has 0 saturated heterocycles. The van der Waals surface area contributed by atoms with Crippen LogP contribution in [0.4, 0.5) is 0 Å². The van der Waals surface area contributed by atoms with Gasteiger partial charge in [-0.15, -0.1) is 0 Å². The Hall–Kier alpha value is -0.620. The molecule has 0 radical (unpaired) electrons. The van der Waals surface area contributed by atoms with Crippen LogP contribution in [0, 0.1) is 0 Å². The number of hydrogen-bond acceptors (Lipinski definition) is 4. The van der Waals surface area contributed by atoms with Crippen molar-refractivity contribution < 1.29 is 14.6 Å². The monoisotopic (exact) mass is 323 g/mol. The maximum atomic E-state index is 10.5. The summed E-state index contributed by atoms with van der Waals surface area (Å²) in [5.41, 5.74) is 5.38. The number of hydrogen-bond donors (Lipinski definition) is 2. The standard InChI is InChI=1S/C12H15Cl2NO3S/c13-8-2-1-3-9(14)11(8)18-5-7-19-6-4-10(15)12(16)17/h1-3,10H,4-7,15H2,(H,16,17). The molecule has 1 unspecified atom stereocenters. The first-order valence-corrected chi connectivity index (χ1v) is 7.56. The number of rotatable bonds is 8. The van der Waals surface area contributed by atoms with Gasteiger partial charge in [0.2, 0.25) is 0 Å². The number of carboxylic acids is 1. The van der Waals surface area contributed by atoms with Crippen LogP contribution in [0.5, 0.6) is 5.75 Å². The van der Waals surface area contributed by atoms with Gasteiger partial charge in [0.1, 0.15) is 6.04 Å². The van der Waals surface area contributed by atoms with Crippen LogP contribution in [0.15, 0.2) is 18.2 Å². The fraction of sp³-hybridized carbons (Fsp3) is 0.417. The minimum absolute atomic E-state index is 0.437. The molecule has 1 rings (SSSR count). The Balaban J connectivity index is 2.19. The predicted molar refractivity (Wildman–Crippen MR) is 79.5 cm³/mol. The third-order valence-corrected chi connectivity index (χ3v) is 3.86. The van der Waals surface area contributed by atoms with E-state index in [4.69, 9.17) is 38.8 Å². The maximum Gasteiger partial charge on any atom is 0.320 e. The average molecular weight is 324 g/mol. The molecule has 4 nitrogen and oxygen atoms in total. The van der Waals surface area contributed by atoms with Gasteiger partial charge in [-0.25, -0.2) is 0 Å². The molecule has 1 atom stereocenters. The molecule has 0 saturated carbocycles. The lowest BCUT2D eigenvalue weighted by molar-refractivity contribution is -0.138. The highest BCUT2D eigenvalue weighted by atomic mass is 35.5. The summed E-state index contributed by atoms with van der Waals surface area (Å²) in [4.78, 5) is 10.5. The summed E-state index contributed by atoms with van der Waals surface area (Å²) in [6.45, 7) is 0.455. The van der Waals surface area contributed by atoms with E-state index < -0.39 is 12.0 Å². The van der Waals surface area contributed by atoms with Crippen LogP contribution in [0.1, 0.15) is 6.42 Å². The van der Waals surface area contributed by atoms with Crippen LogP contribution in [0.25, 0.3) is 0 Å². The molecule has 7 heteroatoms. The topological polar surface area (TPSA) is 72.5 Å². The van der Waals surface area contributed by atoms with E-state index in [1.54, 1.807) is 30.0 Å². The molecular weight excluding hydrogens is 309 g/mol. The van der Waals surface area contributed by atoms with Gasteiger partial charge in [0.25, 0.3) is 0 Å². The molecule has 0 aromatic heterocycles. The van der Waals surface area contributed by atoms with Gasteiger partial charge in [-0.3, -0.25) is 4.79 Å². The normalized spacial score (nSPS) is 12.2. The minimum atomic E-state index is -0.973. The largest absolute Gasteiger partial charge is 0.490 e. The molecular formula is C12H15Cl2NO3S. The minimum Gasteiger partial charge on any atom is -0.490 e. The number of benzene rings is 1. The highest BCUT2D eigenvalue weighted by Gasteiger charge is 2.10. The van der Waals surface area contributed by atoms with E-state index in [9.17, 15) is 4.79 Å². The van der Waals surface area contributed by atoms with E-state index in [1.807, 2.05) is 0 Å². The second kappa shape index (κ2) is 8.53. The van der Waals surface area contributed by atoms with E-state index in [0.29, 0.717) is 40.3 Å². The second-order valence-corrected chi connectivity index (χ2v) is 5.78. The first-order valence-electron chi connectivity index (χ1n) is 5.65. The fourth-order valence-electron chi connectivity index (χ4n) is 1.26. The lowest BCUT2D eigenvalue weighted by Crippen LogP contribution is -2.30. The Morgan fingerprint density at radius 3 is 2.58 bits per heavy atom. The van der Waals surface area contributed by atoms with Crippen molar-refractivity contribution in [2.45, 2.75) is 12.5 Å². The lowest BCUT2D eigenvalue weighted by atomic mass is 10.2. The Labute approximate surface area is 126 Å². The van der Waals surface area contributed by atoms with Gasteiger partial charge in [-0.1, -0.05) is 29.3 Å². The average Bonchev–Trinajstić information content (AvgIpc) is 2.36. The van der Waals surface area contributed by atoms with Crippen molar-refractivity contribution >= 4 is 40.9 Å². The molecule has 0 aliphatic carbocycles. The van der Waals surface area contributed by atoms with Crippen LogP contribution < -0.4 is 10.5 Å². The summed E-state index contributed by atoms with van der Waals surface area (Å²) in [5.74, 6) is 0.898. The molecule has 3 N–H and O–H groups in total. The maximum absolute atomic E-state index is 10.5. The zero-order valence-electron chi connectivity index (χ0n) is 10.1. The molecule has 0 fully saturated rings. The zero-order valence-corrected chi connectivity index (χ0v) is 12.5. The van der Waals surface area contributed by atoms with Crippen molar-refractivity contribution in [1.82, 2.24) is 0 Å². The molecule has 1 aromatic carbocycles. The van der Waals surface area contributed by atoms with Crippen molar-refractivity contribution in [3.8, 4) is 5.75 Å². The van der Waals surface area contributed by atoms with E-state index in [0.717, 1.165) is 0 Å². The Morgan fingerprint density at radius 1 is 1.37 bits per heavy atom. The molecule has 0 heterocycles. The smallest absolute Gasteiger partial charge is 0.320 e. The first-order chi connectivity index (χ1) is 9.02. The van der Waals surface area contributed by atoms with Crippen LogP contribution in [0.2, 0.25) is 10.0 Å². The van der Waals surface area contributed by atoms with Gasteiger partial charge in [0.15, 0.2) is 5.75 Å². The third-order valence-electron chi connectivity index (χ3n) is 2.28. The summed E-state index contributed by atoms with van der Waals surface area (Å²) in [5, 5.41) is 9.56. The summed E-state index contributed by atoms with van der Waals surface area (Å²) in [6, 6.07) is 4.37. The molecule has 1 aromatic rings. The number of thioether (sulfide) groups is 1. The van der Waals surface area contributed by atoms with Crippen molar-refractivity contribution in [3.63, 3.8) is 0 Å². The van der Waals surface area contributed by atoms with Gasteiger partial charge in [-0.2, -0.15) is 11.8 Å². The van der Waals surface area contributed by atoms with E-state index >= 15 is 0 Å². The highest BCUT2D eigenvalue weighted by Crippen LogP contribution is 2.32. The van der Waals surface area contributed by atoms with Crippen molar-refractivity contribution in [1.29, 1.82) is 0 Å². The summed E-state index contributed by atoms with van der Waals surface area (Å²) in [7, 11) is 0. The number of para-hydroxylation sites is 1. The number of ether oxygens (including phenoxy) is 1. The first kappa shape index (κ1) is 16.4. The van der Waals surface area contributed by atoms with Crippen molar-refractivity contribution in [2.24, 2.45) is 5.73 Å². The van der Waals surface area contributed by atoms with Crippen LogP contribution in [-0.4, -0.2) is 35.2 Å². The Morgan fingerprint density at radius 2 is 2.00 bits per heavy atom. The zero-order chi connectivity index (χ0) is 14.3. The summed E-state index contributed by atoms with van der Waals surface area (Å²) < 4.78 is 5.49. The number of halogens is 2. The van der Waals surface area contributed by atoms with Crippen LogP contribution in [-0.2, 0) is 4.79 Å². The summed E-state index contributed by atoms with van der Waals surface area (Å²) in [6.07, 6.45) is 0.437. The lowest BCUT2D eigenvalue weighted by Gasteiger charge is -2.10. The third kappa shape index (κ3) is 5.91. The predicted octanol–water partition coefficient (Wildman–Crippen LogP) is 2.91. The molecule has 106 valence electrons. The number of carboxylic acid groups (broad SMARTS) is 1. The van der Waals surface area contributed by atoms with Crippen LogP contribution >= 0.6 is 35.0 Å². The second-order valence-electron chi connectivity index (χ2n) is 3.75.